The summed E-state index contributed by atoms with van der Waals surface area (Å²) in [6.45, 7) is 7.54. The van der Waals surface area contributed by atoms with E-state index in [1.165, 1.54) is 0 Å². The molecule has 0 aliphatic rings. The van der Waals surface area contributed by atoms with Crippen LogP contribution < -0.4 is 10.1 Å². The molecule has 0 unspecified atom stereocenters. The van der Waals surface area contributed by atoms with Crippen molar-refractivity contribution in [1.82, 2.24) is 24.7 Å². The fourth-order valence-corrected chi connectivity index (χ4v) is 3.46. The van der Waals surface area contributed by atoms with Crippen LogP contribution >= 0.6 is 0 Å². The zero-order valence-corrected chi connectivity index (χ0v) is 17.5. The van der Waals surface area contributed by atoms with Crippen molar-refractivity contribution >= 4 is 22.6 Å². The summed E-state index contributed by atoms with van der Waals surface area (Å²) in [7, 11) is 1.57. The minimum atomic E-state index is -0.222. The second-order valence-corrected chi connectivity index (χ2v) is 7.11. The highest BCUT2D eigenvalue weighted by molar-refractivity contribution is 6.13. The van der Waals surface area contributed by atoms with E-state index in [0.717, 1.165) is 28.3 Å². The lowest BCUT2D eigenvalue weighted by atomic mass is 10.1. The molecule has 0 saturated heterocycles. The number of carbonyl (C=O) groups is 1. The van der Waals surface area contributed by atoms with Gasteiger partial charge in [0.15, 0.2) is 5.65 Å². The normalized spacial score (nSPS) is 11.0. The van der Waals surface area contributed by atoms with Gasteiger partial charge in [-0.2, -0.15) is 5.10 Å². The lowest BCUT2D eigenvalue weighted by Gasteiger charge is -2.12. The van der Waals surface area contributed by atoms with Gasteiger partial charge in [0.05, 0.1) is 47.0 Å². The number of anilines is 1. The molecule has 8 heteroatoms. The first-order valence-corrected chi connectivity index (χ1v) is 9.50. The van der Waals surface area contributed by atoms with Crippen LogP contribution in [0.1, 0.15) is 33.0 Å². The van der Waals surface area contributed by atoms with Crippen molar-refractivity contribution in [2.75, 3.05) is 12.4 Å². The van der Waals surface area contributed by atoms with Gasteiger partial charge in [-0.15, -0.1) is 0 Å². The number of amides is 1. The number of hydrogen-bond donors (Lipinski definition) is 1. The Morgan fingerprint density at radius 1 is 1.07 bits per heavy atom. The maximum absolute atomic E-state index is 13.2. The van der Waals surface area contributed by atoms with Crippen LogP contribution in [0, 0.1) is 27.7 Å². The number of fused-ring (bicyclic) bond motifs is 1. The second kappa shape index (κ2) is 7.55. The van der Waals surface area contributed by atoms with Crippen LogP contribution in [0.25, 0.3) is 16.7 Å². The molecule has 4 rings (SSSR count). The molecule has 0 aliphatic heterocycles. The minimum Gasteiger partial charge on any atom is -0.481 e. The van der Waals surface area contributed by atoms with Gasteiger partial charge in [-0.3, -0.25) is 9.78 Å². The zero-order chi connectivity index (χ0) is 21.4. The number of rotatable bonds is 4. The summed E-state index contributed by atoms with van der Waals surface area (Å²) in [5.41, 5.74) is 5.71. The molecule has 0 spiro atoms. The van der Waals surface area contributed by atoms with Crippen LogP contribution in [0.3, 0.4) is 0 Å². The molecule has 0 saturated carbocycles. The Balaban J connectivity index is 1.83. The highest BCUT2D eigenvalue weighted by Gasteiger charge is 2.21. The Kier molecular flexibility index (Phi) is 4.91. The van der Waals surface area contributed by atoms with E-state index in [1.54, 1.807) is 36.3 Å². The second-order valence-electron chi connectivity index (χ2n) is 7.11. The average molecular weight is 402 g/mol. The summed E-state index contributed by atoms with van der Waals surface area (Å²) in [6, 6.07) is 7.26. The van der Waals surface area contributed by atoms with E-state index in [1.807, 2.05) is 39.8 Å². The predicted octanol–water partition coefficient (Wildman–Crippen LogP) is 3.71. The van der Waals surface area contributed by atoms with E-state index in [0.29, 0.717) is 28.2 Å². The van der Waals surface area contributed by atoms with E-state index in [9.17, 15) is 4.79 Å². The molecule has 0 radical (unpaired) electrons. The first-order valence-electron chi connectivity index (χ1n) is 9.50. The molecular formula is C22H22N6O2. The van der Waals surface area contributed by atoms with Gasteiger partial charge in [-0.25, -0.2) is 14.6 Å². The summed E-state index contributed by atoms with van der Waals surface area (Å²) >= 11 is 0. The Morgan fingerprint density at radius 3 is 2.53 bits per heavy atom. The summed E-state index contributed by atoms with van der Waals surface area (Å²) < 4.78 is 6.82. The van der Waals surface area contributed by atoms with E-state index in [2.05, 4.69) is 25.4 Å². The Bertz CT molecular complexity index is 1240. The summed E-state index contributed by atoms with van der Waals surface area (Å²) in [4.78, 5) is 26.4. The van der Waals surface area contributed by atoms with Gasteiger partial charge < -0.3 is 10.1 Å². The van der Waals surface area contributed by atoms with Crippen molar-refractivity contribution in [3.8, 4) is 11.6 Å². The minimum absolute atomic E-state index is 0.222. The van der Waals surface area contributed by atoms with Gasteiger partial charge in [0.25, 0.3) is 5.91 Å². The maximum atomic E-state index is 13.2. The Hall–Kier alpha value is -3.81. The summed E-state index contributed by atoms with van der Waals surface area (Å²) in [6.07, 6.45) is 3.39. The Labute approximate surface area is 174 Å². The van der Waals surface area contributed by atoms with Crippen molar-refractivity contribution < 1.29 is 9.53 Å². The third-order valence-corrected chi connectivity index (χ3v) is 4.95. The largest absolute Gasteiger partial charge is 0.481 e. The van der Waals surface area contributed by atoms with Gasteiger partial charge in [0, 0.05) is 18.0 Å². The molecular weight excluding hydrogens is 380 g/mol. The third-order valence-electron chi connectivity index (χ3n) is 4.95. The van der Waals surface area contributed by atoms with Crippen molar-refractivity contribution in [2.45, 2.75) is 27.7 Å². The topological polar surface area (TPSA) is 94.8 Å². The van der Waals surface area contributed by atoms with E-state index < -0.39 is 0 Å². The smallest absolute Gasteiger partial charge is 0.256 e. The molecule has 4 aromatic heterocycles. The number of hydrogen-bond acceptors (Lipinski definition) is 6. The quantitative estimate of drug-likeness (QED) is 0.559. The van der Waals surface area contributed by atoms with Crippen molar-refractivity contribution in [2.24, 2.45) is 0 Å². The van der Waals surface area contributed by atoms with Crippen LogP contribution in [-0.2, 0) is 0 Å². The van der Waals surface area contributed by atoms with Gasteiger partial charge in [-0.1, -0.05) is 0 Å². The molecule has 0 aliphatic carbocycles. The molecule has 4 heterocycles. The highest BCUT2D eigenvalue weighted by atomic mass is 16.5. The highest BCUT2D eigenvalue weighted by Crippen LogP contribution is 2.27. The summed E-state index contributed by atoms with van der Waals surface area (Å²) in [5, 5.41) is 8.34. The lowest BCUT2D eigenvalue weighted by molar-refractivity contribution is 0.102. The van der Waals surface area contributed by atoms with Gasteiger partial charge in [0.1, 0.15) is 0 Å². The molecule has 0 fully saturated rings. The number of carbonyl (C=O) groups excluding carboxylic acids is 1. The maximum Gasteiger partial charge on any atom is 0.256 e. The SMILES string of the molecule is COc1ccc(-n2nc(C)c3c(C(=O)Nc4c(C)ccnc4C)cc(C)nc32)cn1. The standard InChI is InChI=1S/C22H22N6O2/c1-12-8-9-23-15(4)20(12)26-22(29)17-10-13(2)25-21-19(17)14(3)27-28(21)16-6-7-18(30-5)24-11-16/h6-11H,1-5H3,(H,26,29). The van der Waals surface area contributed by atoms with Crippen molar-refractivity contribution in [1.29, 1.82) is 0 Å². The first kappa shape index (κ1) is 19.5. The molecule has 8 nitrogen and oxygen atoms in total. The molecule has 152 valence electrons. The van der Waals surface area contributed by atoms with Crippen molar-refractivity contribution in [3.05, 3.63) is 64.9 Å². The molecule has 0 aromatic carbocycles. The van der Waals surface area contributed by atoms with Gasteiger partial charge >= 0.3 is 0 Å². The predicted molar refractivity (Wildman–Crippen MR) is 114 cm³/mol. The fraction of sp³-hybridized carbons (Fsp3) is 0.227. The average Bonchev–Trinajstić information content (AvgIpc) is 3.06. The van der Waals surface area contributed by atoms with Crippen LogP contribution in [0.15, 0.2) is 36.7 Å². The summed E-state index contributed by atoms with van der Waals surface area (Å²) in [5.74, 6) is 0.290. The first-order chi connectivity index (χ1) is 14.4. The third kappa shape index (κ3) is 3.36. The van der Waals surface area contributed by atoms with Gasteiger partial charge in [-0.05, 0) is 51.5 Å². The number of aryl methyl sites for hydroxylation is 4. The van der Waals surface area contributed by atoms with E-state index in [-0.39, 0.29) is 5.91 Å². The molecule has 1 amide bonds. The lowest BCUT2D eigenvalue weighted by Crippen LogP contribution is -2.15. The number of ether oxygens (including phenoxy) is 1. The molecule has 30 heavy (non-hydrogen) atoms. The zero-order valence-electron chi connectivity index (χ0n) is 17.5. The van der Waals surface area contributed by atoms with Crippen LogP contribution in [0.4, 0.5) is 5.69 Å². The number of nitrogens with zero attached hydrogens (tertiary/aromatic N) is 5. The number of aromatic nitrogens is 5. The molecule has 0 atom stereocenters. The van der Waals surface area contributed by atoms with Crippen LogP contribution in [0.2, 0.25) is 0 Å². The fourth-order valence-electron chi connectivity index (χ4n) is 3.46. The monoisotopic (exact) mass is 402 g/mol. The van der Waals surface area contributed by atoms with E-state index >= 15 is 0 Å². The Morgan fingerprint density at radius 2 is 1.87 bits per heavy atom. The molecule has 1 N–H and O–H groups in total. The molecule has 0 bridgehead atoms. The van der Waals surface area contributed by atoms with Crippen molar-refractivity contribution in [3.63, 3.8) is 0 Å². The van der Waals surface area contributed by atoms with Gasteiger partial charge in [0.2, 0.25) is 5.88 Å². The number of nitrogens with one attached hydrogen (secondary N) is 1. The van der Waals surface area contributed by atoms with Crippen LogP contribution in [-0.4, -0.2) is 37.7 Å². The van der Waals surface area contributed by atoms with Crippen LogP contribution in [0.5, 0.6) is 5.88 Å². The number of pyridine rings is 3. The van der Waals surface area contributed by atoms with E-state index in [4.69, 9.17) is 4.74 Å². The number of methoxy groups -OCH3 is 1. The molecule has 4 aromatic rings.